The number of carbonyl (C=O) groups is 3. The highest BCUT2D eigenvalue weighted by atomic mass is 19.1. The summed E-state index contributed by atoms with van der Waals surface area (Å²) in [5.74, 6) is -0.276. The summed E-state index contributed by atoms with van der Waals surface area (Å²) in [6, 6.07) is 13.1. The molecule has 1 N–H and O–H groups in total. The zero-order chi connectivity index (χ0) is 34.8. The summed E-state index contributed by atoms with van der Waals surface area (Å²) >= 11 is 0. The first-order valence-corrected chi connectivity index (χ1v) is 17.7. The molecule has 0 spiro atoms. The summed E-state index contributed by atoms with van der Waals surface area (Å²) in [5.41, 5.74) is 3.37. The number of alkyl halides is 2. The van der Waals surface area contributed by atoms with Crippen LogP contribution in [0.5, 0.6) is 0 Å². The number of nitrogens with one attached hydrogen (secondary N) is 1. The van der Waals surface area contributed by atoms with E-state index in [1.807, 2.05) is 36.2 Å². The molecule has 3 aliphatic heterocycles. The third-order valence-electron chi connectivity index (χ3n) is 10.4. The highest BCUT2D eigenvalue weighted by Crippen LogP contribution is 2.24. The van der Waals surface area contributed by atoms with Gasteiger partial charge in [-0.15, -0.1) is 0 Å². The molecule has 0 radical (unpaired) electrons. The van der Waals surface area contributed by atoms with Gasteiger partial charge in [0.05, 0.1) is 0 Å². The van der Waals surface area contributed by atoms with Crippen molar-refractivity contribution in [2.45, 2.75) is 70.1 Å². The van der Waals surface area contributed by atoms with Crippen LogP contribution in [0, 0.1) is 0 Å². The summed E-state index contributed by atoms with van der Waals surface area (Å²) in [7, 11) is 4.01. The predicted molar refractivity (Wildman–Crippen MR) is 186 cm³/mol. The van der Waals surface area contributed by atoms with Crippen molar-refractivity contribution in [1.82, 2.24) is 24.5 Å². The number of hydrogen-bond donors (Lipinski definition) is 1. The molecule has 2 aromatic rings. The third kappa shape index (κ3) is 9.69. The number of piperidine rings is 2. The van der Waals surface area contributed by atoms with Gasteiger partial charge in [0.1, 0.15) is 13.3 Å². The Labute approximate surface area is 289 Å². The van der Waals surface area contributed by atoms with E-state index < -0.39 is 25.5 Å². The second kappa shape index (κ2) is 17.8. The summed E-state index contributed by atoms with van der Waals surface area (Å²) in [5, 5.41) is 3.19. The second-order valence-electron chi connectivity index (χ2n) is 13.6. The fourth-order valence-electron chi connectivity index (χ4n) is 7.48. The highest BCUT2D eigenvalue weighted by Gasteiger charge is 2.35. The number of nitrogens with zero attached hydrogens (tertiary/aromatic N) is 5. The Morgan fingerprint density at radius 2 is 1.51 bits per heavy atom. The summed E-state index contributed by atoms with van der Waals surface area (Å²) in [6.45, 7) is 5.07. The molecule has 3 heterocycles. The fraction of sp³-hybridized carbons (Fsp3) is 0.595. The van der Waals surface area contributed by atoms with E-state index >= 15 is 0 Å². The number of halogens is 2. The van der Waals surface area contributed by atoms with Gasteiger partial charge >= 0.3 is 6.09 Å². The van der Waals surface area contributed by atoms with E-state index in [0.29, 0.717) is 74.7 Å². The third-order valence-corrected chi connectivity index (χ3v) is 10.4. The number of benzene rings is 2. The van der Waals surface area contributed by atoms with E-state index in [1.54, 1.807) is 21.9 Å². The van der Waals surface area contributed by atoms with Crippen molar-refractivity contribution in [3.05, 3.63) is 64.7 Å². The average Bonchev–Trinajstić information content (AvgIpc) is 3.15. The number of likely N-dealkylation sites (N-methyl/N-ethyl adjacent to an activating group) is 1. The van der Waals surface area contributed by atoms with Gasteiger partial charge in [-0.3, -0.25) is 14.5 Å². The fourth-order valence-corrected chi connectivity index (χ4v) is 7.48. The highest BCUT2D eigenvalue weighted by molar-refractivity contribution is 5.84. The average molecular weight is 683 g/mol. The molecule has 3 fully saturated rings. The van der Waals surface area contributed by atoms with Crippen molar-refractivity contribution in [3.63, 3.8) is 0 Å². The van der Waals surface area contributed by atoms with E-state index in [9.17, 15) is 23.2 Å². The van der Waals surface area contributed by atoms with Crippen LogP contribution in [-0.4, -0.2) is 134 Å². The molecule has 3 aliphatic rings. The maximum atomic E-state index is 14.0. The second-order valence-corrected chi connectivity index (χ2v) is 13.6. The molecule has 268 valence electrons. The van der Waals surface area contributed by atoms with Crippen molar-refractivity contribution >= 4 is 24.1 Å². The minimum absolute atomic E-state index is 0.00936. The van der Waals surface area contributed by atoms with Gasteiger partial charge in [0, 0.05) is 90.1 Å². The van der Waals surface area contributed by atoms with Gasteiger partial charge in [0.2, 0.25) is 6.41 Å². The molecule has 0 aromatic heterocycles. The molecule has 49 heavy (non-hydrogen) atoms. The molecule has 0 bridgehead atoms. The van der Waals surface area contributed by atoms with Gasteiger partial charge in [-0.05, 0) is 67.5 Å². The van der Waals surface area contributed by atoms with Crippen LogP contribution in [0.15, 0.2) is 42.5 Å². The molecule has 10 nitrogen and oxygen atoms in total. The predicted octanol–water partition coefficient (Wildman–Crippen LogP) is 4.12. The lowest BCUT2D eigenvalue weighted by atomic mass is 9.99. The van der Waals surface area contributed by atoms with Crippen LogP contribution in [0.2, 0.25) is 0 Å². The van der Waals surface area contributed by atoms with Crippen LogP contribution in [0.1, 0.15) is 47.9 Å². The Bertz CT molecular complexity index is 1370. The molecule has 5 rings (SSSR count). The molecule has 2 aromatic carbocycles. The molecule has 3 saturated heterocycles. The molecule has 1 atom stereocenters. The number of rotatable bonds is 13. The molecule has 0 saturated carbocycles. The maximum Gasteiger partial charge on any atom is 0.410 e. The van der Waals surface area contributed by atoms with E-state index in [0.717, 1.165) is 56.7 Å². The van der Waals surface area contributed by atoms with Crippen LogP contribution in [0.3, 0.4) is 0 Å². The first-order valence-electron chi connectivity index (χ1n) is 17.7. The molecule has 3 amide bonds. The summed E-state index contributed by atoms with van der Waals surface area (Å²) < 4.78 is 33.2. The van der Waals surface area contributed by atoms with Crippen molar-refractivity contribution in [2.24, 2.45) is 0 Å². The number of para-hydroxylation sites is 1. The van der Waals surface area contributed by atoms with Crippen molar-refractivity contribution in [3.8, 4) is 0 Å². The van der Waals surface area contributed by atoms with Gasteiger partial charge < -0.3 is 29.7 Å². The van der Waals surface area contributed by atoms with E-state index in [1.165, 1.54) is 6.07 Å². The Kier molecular flexibility index (Phi) is 13.2. The Hall–Kier alpha value is -3.77. The van der Waals surface area contributed by atoms with Gasteiger partial charge in [0.15, 0.2) is 6.10 Å². The summed E-state index contributed by atoms with van der Waals surface area (Å²) in [6.07, 6.45) is 2.82. The molecular formula is C37H52F2N6O4. The number of piperazine rings is 1. The quantitative estimate of drug-likeness (QED) is 0.318. The Morgan fingerprint density at radius 1 is 0.898 bits per heavy atom. The number of anilines is 1. The van der Waals surface area contributed by atoms with Crippen molar-refractivity contribution in [2.75, 3.05) is 78.3 Å². The summed E-state index contributed by atoms with van der Waals surface area (Å²) in [4.78, 5) is 49.6. The number of hydrogen-bond acceptors (Lipinski definition) is 7. The smallest absolute Gasteiger partial charge is 0.410 e. The van der Waals surface area contributed by atoms with Gasteiger partial charge in [-0.1, -0.05) is 36.4 Å². The molecule has 12 heteroatoms. The van der Waals surface area contributed by atoms with Crippen LogP contribution in [0.25, 0.3) is 0 Å². The normalized spacial score (nSPS) is 19.0. The lowest BCUT2D eigenvalue weighted by Crippen LogP contribution is -2.54. The molecule has 0 aliphatic carbocycles. The van der Waals surface area contributed by atoms with Crippen LogP contribution in [0.4, 0.5) is 19.3 Å². The van der Waals surface area contributed by atoms with Crippen molar-refractivity contribution in [1.29, 1.82) is 0 Å². The lowest BCUT2D eigenvalue weighted by Gasteiger charge is -2.42. The zero-order valence-corrected chi connectivity index (χ0v) is 29.0. The Morgan fingerprint density at radius 3 is 2.12 bits per heavy atom. The number of amides is 3. The Balaban J connectivity index is 1.20. The van der Waals surface area contributed by atoms with E-state index in [2.05, 4.69) is 22.2 Å². The molecular weight excluding hydrogens is 630 g/mol. The topological polar surface area (TPSA) is 88.7 Å². The number of likely N-dealkylation sites (tertiary alicyclic amines) is 2. The SMILES string of the molecule is CNc1ccccc1CCN(C=O)C1CCN(C(=O)O[C@H](Cc2cc(CF)cc(CF)c2)C(=O)N2CCC(N3CCN(C)CC3)CC2)CC1. The van der Waals surface area contributed by atoms with Crippen molar-refractivity contribution < 1.29 is 27.9 Å². The van der Waals surface area contributed by atoms with E-state index in [4.69, 9.17) is 4.74 Å². The van der Waals surface area contributed by atoms with Crippen LogP contribution < -0.4 is 5.32 Å². The van der Waals surface area contributed by atoms with E-state index in [-0.39, 0.29) is 18.4 Å². The number of carbonyl (C=O) groups excluding carboxylic acids is 3. The van der Waals surface area contributed by atoms with Crippen LogP contribution in [-0.2, 0) is 40.5 Å². The van der Waals surface area contributed by atoms with Crippen LogP contribution >= 0.6 is 0 Å². The zero-order valence-electron chi connectivity index (χ0n) is 29.0. The lowest BCUT2D eigenvalue weighted by molar-refractivity contribution is -0.142. The first-order chi connectivity index (χ1) is 23.8. The van der Waals surface area contributed by atoms with Gasteiger partial charge in [0.25, 0.3) is 5.91 Å². The molecule has 0 unspecified atom stereocenters. The largest absolute Gasteiger partial charge is 0.436 e. The van der Waals surface area contributed by atoms with Gasteiger partial charge in [-0.25, -0.2) is 13.6 Å². The standard InChI is InChI=1S/C37H52F2N6O4/c1-40-34-6-4-3-5-31(34)7-12-45(27-46)33-10-15-44(16-11-33)37(48)49-35(24-28-21-29(25-38)23-30(22-28)26-39)36(47)43-13-8-32(9-14-43)42-19-17-41(2)18-20-42/h3-6,21-23,27,32-33,35,40H,7-20,24-26H2,1-2H3/t35-/m1/s1. The minimum Gasteiger partial charge on any atom is -0.436 e. The minimum atomic E-state index is -1.12. The number of ether oxygens (including phenoxy) is 1. The first kappa shape index (κ1) is 36.5. The maximum absolute atomic E-state index is 14.0. The monoisotopic (exact) mass is 682 g/mol. The van der Waals surface area contributed by atoms with Gasteiger partial charge in [-0.2, -0.15) is 0 Å².